The normalized spacial score (nSPS) is 11.7. The fourth-order valence-corrected chi connectivity index (χ4v) is 6.08. The maximum absolute atomic E-state index is 14.8. The van der Waals surface area contributed by atoms with Crippen LogP contribution in [0, 0.1) is 11.6 Å². The number of aromatic amines is 1. The van der Waals surface area contributed by atoms with Crippen molar-refractivity contribution in [3.63, 3.8) is 0 Å². The Morgan fingerprint density at radius 3 is 2.48 bits per heavy atom. The lowest BCUT2D eigenvalue weighted by molar-refractivity contribution is -0.116. The maximum Gasteiger partial charge on any atom is 0.333 e. The summed E-state index contributed by atoms with van der Waals surface area (Å²) in [4.78, 5) is 39.7. The molecule has 7 nitrogen and oxygen atoms in total. The highest BCUT2D eigenvalue weighted by atomic mass is 35.5. The van der Waals surface area contributed by atoms with Crippen molar-refractivity contribution in [2.24, 2.45) is 0 Å². The zero-order chi connectivity index (χ0) is 23.9. The van der Waals surface area contributed by atoms with Crippen LogP contribution in [0.3, 0.4) is 0 Å². The number of carbonyl (C=O) groups excluding carboxylic acids is 1. The number of rotatable bonds is 6. The van der Waals surface area contributed by atoms with Crippen molar-refractivity contribution >= 4 is 49.5 Å². The van der Waals surface area contributed by atoms with E-state index in [9.17, 15) is 31.6 Å². The summed E-state index contributed by atoms with van der Waals surface area (Å²) in [6, 6.07) is 9.28. The second kappa shape index (κ2) is 8.65. The Labute approximate surface area is 193 Å². The third-order valence-corrected chi connectivity index (χ3v) is 8.21. The molecule has 0 saturated heterocycles. The van der Waals surface area contributed by atoms with Gasteiger partial charge in [-0.15, -0.1) is 11.3 Å². The zero-order valence-corrected chi connectivity index (χ0v) is 18.9. The highest BCUT2D eigenvalue weighted by Gasteiger charge is 2.22. The Bertz CT molecular complexity index is 1640. The summed E-state index contributed by atoms with van der Waals surface area (Å²) < 4.78 is 53.7. The minimum absolute atomic E-state index is 0.0475. The number of benzene rings is 2. The first-order valence-electron chi connectivity index (χ1n) is 9.28. The summed E-state index contributed by atoms with van der Waals surface area (Å²) >= 11 is 6.56. The van der Waals surface area contributed by atoms with Crippen LogP contribution in [0.1, 0.15) is 5.56 Å². The molecule has 0 atom stereocenters. The van der Waals surface area contributed by atoms with Crippen LogP contribution in [0.25, 0.3) is 16.6 Å². The lowest BCUT2D eigenvalue weighted by Crippen LogP contribution is -2.34. The molecule has 0 bridgehead atoms. The summed E-state index contributed by atoms with van der Waals surface area (Å²) in [6.07, 6.45) is -0.385. The number of halogens is 3. The van der Waals surface area contributed by atoms with Crippen LogP contribution in [0.15, 0.2) is 62.3 Å². The summed E-state index contributed by atoms with van der Waals surface area (Å²) in [7, 11) is -3.89. The molecule has 4 aromatic rings. The molecule has 0 spiro atoms. The third kappa shape index (κ3) is 4.65. The number of nitrogens with one attached hydrogen (secondary N) is 1. The van der Waals surface area contributed by atoms with Gasteiger partial charge in [0, 0.05) is 6.42 Å². The topological polar surface area (TPSA) is 106 Å². The van der Waals surface area contributed by atoms with Crippen molar-refractivity contribution in [1.82, 2.24) is 9.55 Å². The van der Waals surface area contributed by atoms with Crippen LogP contribution in [0.2, 0.25) is 4.34 Å². The van der Waals surface area contributed by atoms with Crippen molar-refractivity contribution < 1.29 is 22.0 Å². The second-order valence-corrected chi connectivity index (χ2v) is 11.0. The second-order valence-electron chi connectivity index (χ2n) is 7.08. The van der Waals surface area contributed by atoms with Gasteiger partial charge < -0.3 is 4.98 Å². The molecule has 2 aromatic carbocycles. The number of H-pyrrole nitrogens is 1. The van der Waals surface area contributed by atoms with Gasteiger partial charge in [0.15, 0.2) is 15.6 Å². The number of thiophene rings is 1. The Morgan fingerprint density at radius 2 is 1.82 bits per heavy atom. The van der Waals surface area contributed by atoms with E-state index in [4.69, 9.17) is 11.6 Å². The Kier molecular flexibility index (Phi) is 6.04. The number of fused-ring (bicyclic) bond motifs is 1. The van der Waals surface area contributed by atoms with Crippen molar-refractivity contribution in [2.75, 3.05) is 5.75 Å². The Hall–Kier alpha value is -3.15. The summed E-state index contributed by atoms with van der Waals surface area (Å²) in [5, 5.41) is -0.146. The number of sulfone groups is 1. The summed E-state index contributed by atoms with van der Waals surface area (Å²) in [6.45, 7) is 0. The van der Waals surface area contributed by atoms with Crippen LogP contribution in [0.5, 0.6) is 0 Å². The number of ketones is 1. The predicted molar refractivity (Wildman–Crippen MR) is 120 cm³/mol. The number of aromatic nitrogens is 2. The van der Waals surface area contributed by atoms with Crippen molar-refractivity contribution in [1.29, 1.82) is 0 Å². The van der Waals surface area contributed by atoms with Crippen LogP contribution < -0.4 is 11.2 Å². The van der Waals surface area contributed by atoms with Crippen LogP contribution >= 0.6 is 22.9 Å². The smallest absolute Gasteiger partial charge is 0.306 e. The van der Waals surface area contributed by atoms with Gasteiger partial charge in [0.25, 0.3) is 5.56 Å². The molecule has 2 heterocycles. The predicted octanol–water partition coefficient (Wildman–Crippen LogP) is 3.26. The molecule has 0 unspecified atom stereocenters. The fraction of sp³-hybridized carbons (Fsp3) is 0.0952. The first-order valence-corrected chi connectivity index (χ1v) is 12.1. The van der Waals surface area contributed by atoms with E-state index in [-0.39, 0.29) is 31.4 Å². The van der Waals surface area contributed by atoms with Gasteiger partial charge in [-0.2, -0.15) is 0 Å². The molecule has 0 amide bonds. The van der Waals surface area contributed by atoms with E-state index in [1.54, 1.807) is 0 Å². The van der Waals surface area contributed by atoms with Crippen molar-refractivity contribution in [3.05, 3.63) is 90.9 Å². The monoisotopic (exact) mass is 510 g/mol. The van der Waals surface area contributed by atoms with Crippen LogP contribution in [-0.2, 0) is 21.1 Å². The average Bonchev–Trinajstić information content (AvgIpc) is 3.17. The van der Waals surface area contributed by atoms with E-state index in [0.29, 0.717) is 4.57 Å². The van der Waals surface area contributed by atoms with Gasteiger partial charge in [-0.25, -0.2) is 26.6 Å². The molecule has 0 radical (unpaired) electrons. The Morgan fingerprint density at radius 1 is 1.06 bits per heavy atom. The van der Waals surface area contributed by atoms with Crippen molar-refractivity contribution in [3.8, 4) is 5.69 Å². The van der Waals surface area contributed by atoms with Gasteiger partial charge in [0.05, 0.1) is 20.9 Å². The first-order chi connectivity index (χ1) is 15.5. The van der Waals surface area contributed by atoms with E-state index in [0.717, 1.165) is 35.6 Å². The molecule has 0 aliphatic carbocycles. The van der Waals surface area contributed by atoms with Crippen LogP contribution in [0.4, 0.5) is 8.78 Å². The molecule has 4 rings (SSSR count). The molecule has 0 saturated carbocycles. The number of hydrogen-bond acceptors (Lipinski definition) is 6. The van der Waals surface area contributed by atoms with E-state index >= 15 is 0 Å². The Balaban J connectivity index is 1.62. The average molecular weight is 511 g/mol. The van der Waals surface area contributed by atoms with Gasteiger partial charge in [0.1, 0.15) is 21.6 Å². The highest BCUT2D eigenvalue weighted by Crippen LogP contribution is 2.26. The standard InChI is InChI=1S/C21H13ClF2N2O5S2/c22-18-5-6-19(32-18)33(30,31)10-13(27)7-11-1-4-17(15(24)8-11)26-20(28)14-9-12(23)2-3-16(14)25-21(26)29/h1-6,8-9H,7,10H2,(H,25,29). The molecule has 0 aliphatic heterocycles. The molecule has 2 aromatic heterocycles. The number of nitrogens with zero attached hydrogens (tertiary/aromatic N) is 1. The molecular formula is C21H13ClF2N2O5S2. The summed E-state index contributed by atoms with van der Waals surface area (Å²) in [5.74, 6) is -3.16. The highest BCUT2D eigenvalue weighted by molar-refractivity contribution is 7.94. The van der Waals surface area contributed by atoms with Gasteiger partial charge >= 0.3 is 5.69 Å². The van der Waals surface area contributed by atoms with E-state index < -0.39 is 49.9 Å². The van der Waals surface area contributed by atoms with E-state index in [2.05, 4.69) is 4.98 Å². The maximum atomic E-state index is 14.8. The molecule has 33 heavy (non-hydrogen) atoms. The molecular weight excluding hydrogens is 498 g/mol. The molecule has 1 N–H and O–H groups in total. The van der Waals surface area contributed by atoms with Gasteiger partial charge in [0.2, 0.25) is 0 Å². The SMILES string of the molecule is O=C(Cc1ccc(-n2c(=O)[nH]c3ccc(F)cc3c2=O)c(F)c1)CS(=O)(=O)c1ccc(Cl)s1. The van der Waals surface area contributed by atoms with E-state index in [1.807, 2.05) is 0 Å². The molecule has 0 aliphatic rings. The van der Waals surface area contributed by atoms with Crippen LogP contribution in [-0.4, -0.2) is 29.5 Å². The van der Waals surface area contributed by atoms with Crippen molar-refractivity contribution in [2.45, 2.75) is 10.6 Å². The molecule has 12 heteroatoms. The number of hydrogen-bond donors (Lipinski definition) is 1. The lowest BCUT2D eigenvalue weighted by atomic mass is 10.1. The van der Waals surface area contributed by atoms with E-state index in [1.165, 1.54) is 24.3 Å². The zero-order valence-electron chi connectivity index (χ0n) is 16.5. The van der Waals surface area contributed by atoms with Gasteiger partial charge in [-0.05, 0) is 48.0 Å². The largest absolute Gasteiger partial charge is 0.333 e. The number of carbonyl (C=O) groups is 1. The minimum Gasteiger partial charge on any atom is -0.306 e. The quantitative estimate of drug-likeness (QED) is 0.428. The fourth-order valence-electron chi connectivity index (χ4n) is 3.27. The lowest BCUT2D eigenvalue weighted by Gasteiger charge is -2.09. The summed E-state index contributed by atoms with van der Waals surface area (Å²) in [5.41, 5.74) is -2.00. The van der Waals surface area contributed by atoms with Gasteiger partial charge in [-0.3, -0.25) is 9.59 Å². The molecule has 0 fully saturated rings. The third-order valence-electron chi connectivity index (χ3n) is 4.72. The molecule has 170 valence electrons. The first kappa shape index (κ1) is 23.0. The number of Topliss-reactive ketones (excluding diaryl/α,β-unsaturated/α-hetero) is 1. The van der Waals surface area contributed by atoms with Gasteiger partial charge in [-0.1, -0.05) is 17.7 Å². The minimum atomic E-state index is -3.89.